The number of anilines is 1. The van der Waals surface area contributed by atoms with Crippen LogP contribution in [0.4, 0.5) is 5.95 Å². The van der Waals surface area contributed by atoms with E-state index in [0.717, 1.165) is 23.4 Å². The van der Waals surface area contributed by atoms with Gasteiger partial charge in [-0.3, -0.25) is 0 Å². The SMILES string of the molecule is ClCC1COCCN1c1ncc2ccccc2n1. The van der Waals surface area contributed by atoms with Crippen molar-refractivity contribution in [3.8, 4) is 0 Å². The molecule has 1 atom stereocenters. The van der Waals surface area contributed by atoms with Crippen molar-refractivity contribution in [1.82, 2.24) is 9.97 Å². The maximum absolute atomic E-state index is 5.97. The molecule has 0 saturated carbocycles. The summed E-state index contributed by atoms with van der Waals surface area (Å²) in [6.07, 6.45) is 1.86. The van der Waals surface area contributed by atoms with Crippen molar-refractivity contribution in [2.24, 2.45) is 0 Å². The Morgan fingerprint density at radius 2 is 2.28 bits per heavy atom. The van der Waals surface area contributed by atoms with E-state index in [0.29, 0.717) is 19.1 Å². The van der Waals surface area contributed by atoms with Crippen molar-refractivity contribution in [2.45, 2.75) is 6.04 Å². The van der Waals surface area contributed by atoms with Gasteiger partial charge in [-0.2, -0.15) is 0 Å². The van der Waals surface area contributed by atoms with Gasteiger partial charge in [0.1, 0.15) is 0 Å². The summed E-state index contributed by atoms with van der Waals surface area (Å²) >= 11 is 5.97. The van der Waals surface area contributed by atoms with Gasteiger partial charge in [0, 0.05) is 24.0 Å². The van der Waals surface area contributed by atoms with Crippen molar-refractivity contribution >= 4 is 28.5 Å². The topological polar surface area (TPSA) is 38.2 Å². The van der Waals surface area contributed by atoms with Crippen LogP contribution in [-0.4, -0.2) is 41.6 Å². The van der Waals surface area contributed by atoms with Gasteiger partial charge in [0.15, 0.2) is 0 Å². The molecule has 1 fully saturated rings. The first kappa shape index (κ1) is 11.7. The highest BCUT2D eigenvalue weighted by molar-refractivity contribution is 6.18. The van der Waals surface area contributed by atoms with Crippen molar-refractivity contribution in [3.63, 3.8) is 0 Å². The van der Waals surface area contributed by atoms with Crippen molar-refractivity contribution in [3.05, 3.63) is 30.5 Å². The number of rotatable bonds is 2. The Kier molecular flexibility index (Phi) is 3.30. The predicted octanol–water partition coefficient (Wildman–Crippen LogP) is 2.07. The molecule has 0 aliphatic carbocycles. The lowest BCUT2D eigenvalue weighted by Crippen LogP contribution is -2.47. The van der Waals surface area contributed by atoms with Crippen LogP contribution in [-0.2, 0) is 4.74 Å². The van der Waals surface area contributed by atoms with Gasteiger partial charge in [-0.1, -0.05) is 18.2 Å². The second kappa shape index (κ2) is 5.08. The third-order valence-corrected chi connectivity index (χ3v) is 3.50. The Morgan fingerprint density at radius 3 is 3.17 bits per heavy atom. The number of morpholine rings is 1. The standard InChI is InChI=1S/C13H14ClN3O/c14-7-11-9-18-6-5-17(11)13-15-8-10-3-1-2-4-12(10)16-13/h1-4,8,11H,5-7,9H2. The molecule has 4 nitrogen and oxygen atoms in total. The molecule has 1 aromatic heterocycles. The molecular formula is C13H14ClN3O. The van der Waals surface area contributed by atoms with Crippen LogP contribution >= 0.6 is 11.6 Å². The third-order valence-electron chi connectivity index (χ3n) is 3.14. The Bertz CT molecular complexity index is 549. The smallest absolute Gasteiger partial charge is 0.226 e. The minimum absolute atomic E-state index is 0.154. The van der Waals surface area contributed by atoms with Gasteiger partial charge in [-0.15, -0.1) is 11.6 Å². The average molecular weight is 264 g/mol. The van der Waals surface area contributed by atoms with E-state index in [-0.39, 0.29) is 6.04 Å². The first-order valence-corrected chi connectivity index (χ1v) is 6.54. The van der Waals surface area contributed by atoms with Gasteiger partial charge in [-0.25, -0.2) is 9.97 Å². The molecule has 0 bridgehead atoms. The van der Waals surface area contributed by atoms with Crippen LogP contribution in [0, 0.1) is 0 Å². The van der Waals surface area contributed by atoms with Crippen molar-refractivity contribution < 1.29 is 4.74 Å². The molecular weight excluding hydrogens is 250 g/mol. The second-order valence-corrected chi connectivity index (χ2v) is 4.61. The highest BCUT2D eigenvalue weighted by Crippen LogP contribution is 2.19. The van der Waals surface area contributed by atoms with E-state index in [4.69, 9.17) is 16.3 Å². The van der Waals surface area contributed by atoms with Crippen LogP contribution in [0.3, 0.4) is 0 Å². The maximum atomic E-state index is 5.97. The number of nitrogens with zero attached hydrogens (tertiary/aromatic N) is 3. The van der Waals surface area contributed by atoms with Crippen molar-refractivity contribution in [2.75, 3.05) is 30.5 Å². The molecule has 0 amide bonds. The summed E-state index contributed by atoms with van der Waals surface area (Å²) in [5, 5.41) is 1.05. The molecule has 1 aliphatic heterocycles. The van der Waals surface area contributed by atoms with Crippen LogP contribution in [0.25, 0.3) is 10.9 Å². The third kappa shape index (κ3) is 2.13. The number of hydrogen-bond acceptors (Lipinski definition) is 4. The van der Waals surface area contributed by atoms with E-state index in [1.165, 1.54) is 0 Å². The number of hydrogen-bond donors (Lipinski definition) is 0. The van der Waals surface area contributed by atoms with Crippen LogP contribution in [0.2, 0.25) is 0 Å². The molecule has 0 radical (unpaired) electrons. The summed E-state index contributed by atoms with van der Waals surface area (Å²) in [5.74, 6) is 1.26. The molecule has 18 heavy (non-hydrogen) atoms. The average Bonchev–Trinajstić information content (AvgIpc) is 2.46. The first-order valence-electron chi connectivity index (χ1n) is 6.00. The van der Waals surface area contributed by atoms with E-state index < -0.39 is 0 Å². The zero-order chi connectivity index (χ0) is 12.4. The summed E-state index contributed by atoms with van der Waals surface area (Å²) in [6.45, 7) is 2.12. The molecule has 1 unspecified atom stereocenters. The summed E-state index contributed by atoms with van der Waals surface area (Å²) in [6, 6.07) is 8.13. The lowest BCUT2D eigenvalue weighted by molar-refractivity contribution is 0.0990. The predicted molar refractivity (Wildman–Crippen MR) is 72.2 cm³/mol. The lowest BCUT2D eigenvalue weighted by atomic mass is 10.2. The summed E-state index contributed by atoms with van der Waals surface area (Å²) in [4.78, 5) is 11.2. The zero-order valence-corrected chi connectivity index (χ0v) is 10.7. The minimum Gasteiger partial charge on any atom is -0.377 e. The van der Waals surface area contributed by atoms with Crippen LogP contribution in [0.15, 0.2) is 30.5 Å². The fourth-order valence-electron chi connectivity index (χ4n) is 2.15. The quantitative estimate of drug-likeness (QED) is 0.778. The molecule has 0 N–H and O–H groups in total. The molecule has 2 heterocycles. The molecule has 1 aliphatic rings. The van der Waals surface area contributed by atoms with Crippen LogP contribution < -0.4 is 4.90 Å². The Balaban J connectivity index is 1.97. The largest absolute Gasteiger partial charge is 0.377 e. The van der Waals surface area contributed by atoms with E-state index >= 15 is 0 Å². The number of ether oxygens (including phenoxy) is 1. The molecule has 0 spiro atoms. The van der Waals surface area contributed by atoms with E-state index in [9.17, 15) is 0 Å². The number of benzene rings is 1. The number of halogens is 1. The zero-order valence-electron chi connectivity index (χ0n) is 9.92. The number of aromatic nitrogens is 2. The monoisotopic (exact) mass is 263 g/mol. The van der Waals surface area contributed by atoms with Gasteiger partial charge in [0.25, 0.3) is 0 Å². The van der Waals surface area contributed by atoms with E-state index in [1.807, 2.05) is 30.5 Å². The van der Waals surface area contributed by atoms with E-state index in [2.05, 4.69) is 14.9 Å². The highest BCUT2D eigenvalue weighted by atomic mass is 35.5. The summed E-state index contributed by atoms with van der Waals surface area (Å²) in [7, 11) is 0. The van der Waals surface area contributed by atoms with Gasteiger partial charge >= 0.3 is 0 Å². The first-order chi connectivity index (χ1) is 8.88. The van der Waals surface area contributed by atoms with Gasteiger partial charge in [-0.05, 0) is 6.07 Å². The van der Waals surface area contributed by atoms with Crippen LogP contribution in [0.1, 0.15) is 0 Å². The number of para-hydroxylation sites is 1. The van der Waals surface area contributed by atoms with Gasteiger partial charge < -0.3 is 9.64 Å². The van der Waals surface area contributed by atoms with Gasteiger partial charge in [0.2, 0.25) is 5.95 Å². The fourth-order valence-corrected chi connectivity index (χ4v) is 2.40. The maximum Gasteiger partial charge on any atom is 0.226 e. The molecule has 2 aromatic rings. The Morgan fingerprint density at radius 1 is 1.39 bits per heavy atom. The van der Waals surface area contributed by atoms with Gasteiger partial charge in [0.05, 0.1) is 24.8 Å². The number of alkyl halides is 1. The molecule has 94 valence electrons. The van der Waals surface area contributed by atoms with Crippen molar-refractivity contribution in [1.29, 1.82) is 0 Å². The second-order valence-electron chi connectivity index (χ2n) is 4.31. The molecule has 1 aromatic carbocycles. The molecule has 5 heteroatoms. The molecule has 3 rings (SSSR count). The summed E-state index contributed by atoms with van der Waals surface area (Å²) < 4.78 is 5.43. The minimum atomic E-state index is 0.154. The lowest BCUT2D eigenvalue weighted by Gasteiger charge is -2.34. The summed E-state index contributed by atoms with van der Waals surface area (Å²) in [5.41, 5.74) is 0.960. The molecule has 1 saturated heterocycles. The fraction of sp³-hybridized carbons (Fsp3) is 0.385. The van der Waals surface area contributed by atoms with Crippen LogP contribution in [0.5, 0.6) is 0 Å². The van der Waals surface area contributed by atoms with E-state index in [1.54, 1.807) is 0 Å². The Hall–Kier alpha value is -1.39. The normalized spacial score (nSPS) is 20.3. The highest BCUT2D eigenvalue weighted by Gasteiger charge is 2.24. The Labute approximate surface area is 111 Å². The number of fused-ring (bicyclic) bond motifs is 1.